The highest BCUT2D eigenvalue weighted by atomic mass is 32.2. The predicted molar refractivity (Wildman–Crippen MR) is 122 cm³/mol. The van der Waals surface area contributed by atoms with Gasteiger partial charge in [-0.05, 0) is 43.3 Å². The molecule has 0 fully saturated rings. The van der Waals surface area contributed by atoms with Gasteiger partial charge in [0.25, 0.3) is 0 Å². The molecule has 0 saturated heterocycles. The first-order chi connectivity index (χ1) is 14.6. The van der Waals surface area contributed by atoms with Crippen molar-refractivity contribution < 1.29 is 9.53 Å². The largest absolute Gasteiger partial charge is 0.495 e. The van der Waals surface area contributed by atoms with Gasteiger partial charge in [0.1, 0.15) is 5.75 Å². The van der Waals surface area contributed by atoms with Crippen molar-refractivity contribution in [3.63, 3.8) is 0 Å². The van der Waals surface area contributed by atoms with Gasteiger partial charge in [-0.1, -0.05) is 41.3 Å². The Balaban J connectivity index is 1.41. The van der Waals surface area contributed by atoms with E-state index in [4.69, 9.17) is 4.74 Å². The fourth-order valence-electron chi connectivity index (χ4n) is 2.82. The Bertz CT molecular complexity index is 1180. The maximum absolute atomic E-state index is 12.7. The fraction of sp³-hybridized carbons (Fsp3) is 0.143. The van der Waals surface area contributed by atoms with Crippen LogP contribution >= 0.6 is 23.1 Å². The molecule has 0 bridgehead atoms. The summed E-state index contributed by atoms with van der Waals surface area (Å²) in [6.45, 7) is 1.85. The van der Waals surface area contributed by atoms with E-state index in [1.54, 1.807) is 13.3 Å². The molecule has 2 aromatic carbocycles. The zero-order chi connectivity index (χ0) is 20.9. The Labute approximate surface area is 181 Å². The van der Waals surface area contributed by atoms with E-state index in [0.29, 0.717) is 9.47 Å². The van der Waals surface area contributed by atoms with Crippen LogP contribution in [0.3, 0.4) is 0 Å². The number of amides is 1. The molecule has 0 unspecified atom stereocenters. The van der Waals surface area contributed by atoms with Crippen molar-refractivity contribution >= 4 is 56.4 Å². The minimum atomic E-state index is -0.344. The van der Waals surface area contributed by atoms with E-state index < -0.39 is 0 Å². The average molecular weight is 438 g/mol. The normalized spacial score (nSPS) is 11.8. The summed E-state index contributed by atoms with van der Waals surface area (Å²) in [6, 6.07) is 17.1. The zero-order valence-electron chi connectivity index (χ0n) is 16.3. The lowest BCUT2D eigenvalue weighted by Gasteiger charge is -2.12. The summed E-state index contributed by atoms with van der Waals surface area (Å²) in [5.74, 6) is 0.616. The van der Waals surface area contributed by atoms with Crippen LogP contribution in [0.1, 0.15) is 6.92 Å². The maximum atomic E-state index is 12.7. The van der Waals surface area contributed by atoms with Gasteiger partial charge in [-0.3, -0.25) is 9.78 Å². The molecule has 9 heteroatoms. The molecule has 7 nitrogen and oxygen atoms in total. The molecular formula is C21H19N5O2S2. The van der Waals surface area contributed by atoms with Gasteiger partial charge in [-0.25, -0.2) is 0 Å². The van der Waals surface area contributed by atoms with Crippen molar-refractivity contribution in [3.8, 4) is 5.75 Å². The second-order valence-corrected chi connectivity index (χ2v) is 8.89. The second kappa shape index (κ2) is 9.10. The minimum Gasteiger partial charge on any atom is -0.495 e. The number of hydrogen-bond acceptors (Lipinski definition) is 8. The van der Waals surface area contributed by atoms with E-state index in [9.17, 15) is 4.79 Å². The van der Waals surface area contributed by atoms with E-state index >= 15 is 0 Å². The molecule has 2 N–H and O–H groups in total. The third-order valence-corrected chi connectivity index (χ3v) is 6.33. The van der Waals surface area contributed by atoms with E-state index in [1.807, 2.05) is 61.5 Å². The van der Waals surface area contributed by atoms with E-state index in [-0.39, 0.29) is 11.2 Å². The van der Waals surface area contributed by atoms with Crippen LogP contribution in [0.25, 0.3) is 10.9 Å². The summed E-state index contributed by atoms with van der Waals surface area (Å²) < 4.78 is 6.04. The number of rotatable bonds is 7. The van der Waals surface area contributed by atoms with Crippen LogP contribution in [0.5, 0.6) is 5.75 Å². The number of nitrogens with zero attached hydrogens (tertiary/aromatic N) is 3. The molecule has 0 saturated carbocycles. The van der Waals surface area contributed by atoms with Crippen molar-refractivity contribution in [1.29, 1.82) is 0 Å². The summed E-state index contributed by atoms with van der Waals surface area (Å²) in [4.78, 5) is 17.0. The van der Waals surface area contributed by atoms with Crippen LogP contribution in [-0.4, -0.2) is 33.4 Å². The molecular weight excluding hydrogens is 418 g/mol. The first-order valence-electron chi connectivity index (χ1n) is 9.19. The number of thioether (sulfide) groups is 1. The topological polar surface area (TPSA) is 89.0 Å². The number of pyridine rings is 1. The van der Waals surface area contributed by atoms with Crippen molar-refractivity contribution in [2.24, 2.45) is 0 Å². The Morgan fingerprint density at radius 2 is 1.90 bits per heavy atom. The number of para-hydroxylation sites is 2. The first kappa shape index (κ1) is 20.1. The molecule has 0 aliphatic carbocycles. The second-order valence-electron chi connectivity index (χ2n) is 6.32. The molecule has 0 spiro atoms. The van der Waals surface area contributed by atoms with Gasteiger partial charge in [-0.15, -0.1) is 10.2 Å². The molecule has 152 valence electrons. The Morgan fingerprint density at radius 3 is 2.77 bits per heavy atom. The smallest absolute Gasteiger partial charge is 0.237 e. The SMILES string of the molecule is COc1ccccc1Nc1nnc(S[C@@H](C)C(=O)Nc2cccc3ncccc23)s1. The van der Waals surface area contributed by atoms with Crippen LogP contribution < -0.4 is 15.4 Å². The molecule has 0 radical (unpaired) electrons. The highest BCUT2D eigenvalue weighted by Gasteiger charge is 2.18. The number of nitrogens with one attached hydrogen (secondary N) is 2. The molecule has 30 heavy (non-hydrogen) atoms. The number of methoxy groups -OCH3 is 1. The van der Waals surface area contributed by atoms with E-state index in [0.717, 1.165) is 28.0 Å². The first-order valence-corrected chi connectivity index (χ1v) is 10.9. The van der Waals surface area contributed by atoms with Gasteiger partial charge in [0, 0.05) is 11.6 Å². The lowest BCUT2D eigenvalue weighted by atomic mass is 10.2. The highest BCUT2D eigenvalue weighted by molar-refractivity contribution is 8.02. The third-order valence-electron chi connectivity index (χ3n) is 4.31. The van der Waals surface area contributed by atoms with Crippen molar-refractivity contribution in [2.45, 2.75) is 16.5 Å². The predicted octanol–water partition coefficient (Wildman–Crippen LogP) is 4.96. The molecule has 2 aromatic heterocycles. The third kappa shape index (κ3) is 4.52. The van der Waals surface area contributed by atoms with Crippen LogP contribution in [-0.2, 0) is 4.79 Å². The van der Waals surface area contributed by atoms with Crippen LogP contribution in [0, 0.1) is 0 Å². The van der Waals surface area contributed by atoms with Gasteiger partial charge in [0.05, 0.1) is 29.3 Å². The van der Waals surface area contributed by atoms with Crippen LogP contribution in [0.2, 0.25) is 0 Å². The van der Waals surface area contributed by atoms with Gasteiger partial charge >= 0.3 is 0 Å². The van der Waals surface area contributed by atoms with Crippen LogP contribution in [0.4, 0.5) is 16.5 Å². The van der Waals surface area contributed by atoms with Crippen LogP contribution in [0.15, 0.2) is 65.1 Å². The van der Waals surface area contributed by atoms with Gasteiger partial charge in [-0.2, -0.15) is 0 Å². The average Bonchev–Trinajstić information content (AvgIpc) is 3.21. The maximum Gasteiger partial charge on any atom is 0.237 e. The van der Waals surface area contributed by atoms with Gasteiger partial charge in [0.2, 0.25) is 11.0 Å². The number of aromatic nitrogens is 3. The number of anilines is 3. The Kier molecular flexibility index (Phi) is 6.10. The zero-order valence-corrected chi connectivity index (χ0v) is 18.0. The number of fused-ring (bicyclic) bond motifs is 1. The summed E-state index contributed by atoms with van der Waals surface area (Å²) in [6.07, 6.45) is 1.73. The quantitative estimate of drug-likeness (QED) is 0.395. The summed E-state index contributed by atoms with van der Waals surface area (Å²) in [5.41, 5.74) is 2.39. The summed E-state index contributed by atoms with van der Waals surface area (Å²) in [5, 5.41) is 15.7. The lowest BCUT2D eigenvalue weighted by Crippen LogP contribution is -2.22. The number of carbonyl (C=O) groups excluding carboxylic acids is 1. The summed E-state index contributed by atoms with van der Waals surface area (Å²) >= 11 is 2.75. The Hall–Kier alpha value is -3.17. The van der Waals surface area contributed by atoms with Gasteiger partial charge < -0.3 is 15.4 Å². The van der Waals surface area contributed by atoms with E-state index in [2.05, 4.69) is 25.8 Å². The fourth-order valence-corrected chi connectivity index (χ4v) is 4.73. The van der Waals surface area contributed by atoms with Crippen molar-refractivity contribution in [3.05, 3.63) is 60.8 Å². The molecule has 4 rings (SSSR count). The number of ether oxygens (including phenoxy) is 1. The minimum absolute atomic E-state index is 0.106. The standard InChI is InChI=1S/C21H19N5O2S2/c1-13(19(27)23-16-10-5-9-15-14(16)7-6-12-22-15)29-21-26-25-20(30-21)24-17-8-3-4-11-18(17)28-2/h3-13H,1-2H3,(H,23,27)(H,24,25)/t13-/m0/s1. The number of hydrogen-bond donors (Lipinski definition) is 2. The molecule has 2 heterocycles. The highest BCUT2D eigenvalue weighted by Crippen LogP contribution is 2.33. The number of benzene rings is 2. The van der Waals surface area contributed by atoms with Crippen molar-refractivity contribution in [2.75, 3.05) is 17.7 Å². The lowest BCUT2D eigenvalue weighted by molar-refractivity contribution is -0.115. The number of carbonyl (C=O) groups is 1. The Morgan fingerprint density at radius 1 is 1.07 bits per heavy atom. The molecule has 0 aliphatic rings. The molecule has 0 aliphatic heterocycles. The molecule has 1 atom stereocenters. The molecule has 1 amide bonds. The van der Waals surface area contributed by atoms with Gasteiger partial charge in [0.15, 0.2) is 4.34 Å². The summed E-state index contributed by atoms with van der Waals surface area (Å²) in [7, 11) is 1.62. The molecule has 4 aromatic rings. The van der Waals surface area contributed by atoms with E-state index in [1.165, 1.54) is 23.1 Å². The monoisotopic (exact) mass is 437 g/mol. The van der Waals surface area contributed by atoms with Crippen molar-refractivity contribution in [1.82, 2.24) is 15.2 Å².